The second-order valence-corrected chi connectivity index (χ2v) is 2.92. The smallest absolute Gasteiger partial charge is 0.316 e. The van der Waals surface area contributed by atoms with Crippen LogP contribution in [-0.2, 0) is 5.88 Å². The molecule has 1 aromatic carbocycles. The van der Waals surface area contributed by atoms with Gasteiger partial charge in [-0.15, -0.1) is 11.6 Å². The average molecular weight is 196 g/mol. The number of hydrogen-bond acceptors (Lipinski definition) is 1. The van der Waals surface area contributed by atoms with E-state index < -0.39 is 0 Å². The molecule has 0 radical (unpaired) electrons. The Morgan fingerprint density at radius 1 is 1.25 bits per heavy atom. The maximum Gasteiger partial charge on any atom is 0.316 e. The zero-order chi connectivity index (χ0) is 8.27. The van der Waals surface area contributed by atoms with Gasteiger partial charge in [-0.3, -0.25) is 0 Å². The lowest BCUT2D eigenvalue weighted by atomic mass is 10.2. The van der Waals surface area contributed by atoms with Crippen LogP contribution in [0.15, 0.2) is 24.3 Å². The van der Waals surface area contributed by atoms with Crippen molar-refractivity contribution in [2.45, 2.75) is 5.88 Å². The van der Waals surface area contributed by atoms with E-state index in [1.165, 1.54) is 11.3 Å². The van der Waals surface area contributed by atoms with Gasteiger partial charge in [-0.25, -0.2) is 0 Å². The van der Waals surface area contributed by atoms with Crippen molar-refractivity contribution >= 4 is 40.3 Å². The highest BCUT2D eigenvalue weighted by atomic mass is 35.5. The molecule has 0 spiro atoms. The molecule has 3 heteroatoms. The normalized spacial score (nSPS) is 8.92. The second-order valence-electron chi connectivity index (χ2n) is 2.66. The van der Waals surface area contributed by atoms with Gasteiger partial charge in [0.2, 0.25) is 0 Å². The third kappa shape index (κ3) is 2.85. The summed E-state index contributed by atoms with van der Waals surface area (Å²) in [7, 11) is 4.04. The van der Waals surface area contributed by atoms with Crippen LogP contribution in [0, 0.1) is 0 Å². The first kappa shape index (κ1) is 12.1. The molecule has 0 aliphatic rings. The number of alkyl halides is 1. The lowest BCUT2D eigenvalue weighted by Gasteiger charge is -2.15. The molecule has 0 amide bonds. The molecule has 0 aromatic heterocycles. The van der Waals surface area contributed by atoms with Crippen molar-refractivity contribution in [2.75, 3.05) is 19.0 Å². The SMILES string of the molecule is CN(C)c1ccccc1CCl.[MgH2]. The van der Waals surface area contributed by atoms with Crippen LogP contribution in [0.5, 0.6) is 0 Å². The van der Waals surface area contributed by atoms with Crippen molar-refractivity contribution in [3.63, 3.8) is 0 Å². The lowest BCUT2D eigenvalue weighted by molar-refractivity contribution is 1.11. The average Bonchev–Trinajstić information content (AvgIpc) is 2.04. The minimum absolute atomic E-state index is 0. The minimum Gasteiger partial charge on any atom is -0.377 e. The summed E-state index contributed by atoms with van der Waals surface area (Å²) >= 11 is 5.75. The number of nitrogens with zero attached hydrogens (tertiary/aromatic N) is 1. The van der Waals surface area contributed by atoms with Crippen molar-refractivity contribution in [1.29, 1.82) is 0 Å². The van der Waals surface area contributed by atoms with Crippen molar-refractivity contribution in [2.24, 2.45) is 0 Å². The van der Waals surface area contributed by atoms with Gasteiger partial charge in [0.15, 0.2) is 0 Å². The Balaban J connectivity index is 0.00000121. The third-order valence-electron chi connectivity index (χ3n) is 1.62. The molecule has 12 heavy (non-hydrogen) atoms. The summed E-state index contributed by atoms with van der Waals surface area (Å²) in [5.74, 6) is 0.578. The summed E-state index contributed by atoms with van der Waals surface area (Å²) < 4.78 is 0. The maximum atomic E-state index is 5.75. The number of rotatable bonds is 2. The summed E-state index contributed by atoms with van der Waals surface area (Å²) in [5, 5.41) is 0. The van der Waals surface area contributed by atoms with Gasteiger partial charge in [0.25, 0.3) is 0 Å². The van der Waals surface area contributed by atoms with Crippen molar-refractivity contribution < 1.29 is 0 Å². The van der Waals surface area contributed by atoms with Gasteiger partial charge in [0.05, 0.1) is 0 Å². The fourth-order valence-corrected chi connectivity index (χ4v) is 1.29. The minimum atomic E-state index is 0. The highest BCUT2D eigenvalue weighted by Gasteiger charge is 1.99. The van der Waals surface area contributed by atoms with Gasteiger partial charge in [-0.2, -0.15) is 0 Å². The number of hydrogen-bond donors (Lipinski definition) is 0. The van der Waals surface area contributed by atoms with E-state index in [0.717, 1.165) is 0 Å². The van der Waals surface area contributed by atoms with Crippen LogP contribution < -0.4 is 4.90 Å². The molecule has 0 heterocycles. The Morgan fingerprint density at radius 3 is 2.25 bits per heavy atom. The first-order valence-electron chi connectivity index (χ1n) is 3.57. The van der Waals surface area contributed by atoms with E-state index in [4.69, 9.17) is 11.6 Å². The predicted octanol–water partition coefficient (Wildman–Crippen LogP) is 1.58. The first-order chi connectivity index (χ1) is 5.25. The number of para-hydroxylation sites is 1. The first-order valence-corrected chi connectivity index (χ1v) is 4.10. The summed E-state index contributed by atoms with van der Waals surface area (Å²) in [6.45, 7) is 0. The summed E-state index contributed by atoms with van der Waals surface area (Å²) in [6.07, 6.45) is 0. The van der Waals surface area contributed by atoms with Gasteiger partial charge < -0.3 is 4.90 Å². The maximum absolute atomic E-state index is 5.75. The van der Waals surface area contributed by atoms with Gasteiger partial charge in [0, 0.05) is 25.7 Å². The molecule has 0 N–H and O–H groups in total. The van der Waals surface area contributed by atoms with Crippen LogP contribution in [0.4, 0.5) is 5.69 Å². The van der Waals surface area contributed by atoms with Gasteiger partial charge in [0.1, 0.15) is 0 Å². The molecule has 1 nitrogen and oxygen atoms in total. The van der Waals surface area contributed by atoms with Crippen LogP contribution in [0.3, 0.4) is 0 Å². The summed E-state index contributed by atoms with van der Waals surface area (Å²) in [6, 6.07) is 8.14. The molecule has 0 aliphatic heterocycles. The van der Waals surface area contributed by atoms with Gasteiger partial charge >= 0.3 is 23.1 Å². The Bertz CT molecular complexity index is 238. The molecular weight excluding hydrogens is 182 g/mol. The fourth-order valence-electron chi connectivity index (χ4n) is 1.06. The lowest BCUT2D eigenvalue weighted by Crippen LogP contribution is -2.10. The Morgan fingerprint density at radius 2 is 1.83 bits per heavy atom. The molecule has 0 fully saturated rings. The van der Waals surface area contributed by atoms with E-state index in [-0.39, 0.29) is 23.1 Å². The van der Waals surface area contributed by atoms with Gasteiger partial charge in [-0.05, 0) is 11.6 Å². The second kappa shape index (κ2) is 5.68. The Hall–Kier alpha value is 0.0762. The standard InChI is InChI=1S/C9H12ClN.Mg.2H/c1-11(2)9-6-4-3-5-8(9)7-10;;;/h3-6H,7H2,1-2H3;;;. The van der Waals surface area contributed by atoms with Gasteiger partial charge in [-0.1, -0.05) is 18.2 Å². The highest BCUT2D eigenvalue weighted by Crippen LogP contribution is 2.18. The molecule has 0 unspecified atom stereocenters. The fraction of sp³-hybridized carbons (Fsp3) is 0.333. The predicted molar refractivity (Wildman–Crippen MR) is 58.9 cm³/mol. The summed E-state index contributed by atoms with van der Waals surface area (Å²) in [4.78, 5) is 2.07. The van der Waals surface area contributed by atoms with Crippen molar-refractivity contribution in [3.05, 3.63) is 29.8 Å². The zero-order valence-corrected chi connectivity index (χ0v) is 7.60. The van der Waals surface area contributed by atoms with E-state index in [2.05, 4.69) is 11.0 Å². The summed E-state index contributed by atoms with van der Waals surface area (Å²) in [5.41, 5.74) is 2.38. The molecule has 0 aliphatic carbocycles. The van der Waals surface area contributed by atoms with Crippen LogP contribution in [0.1, 0.15) is 5.56 Å². The molecular formula is C9H14ClMgN. The highest BCUT2D eigenvalue weighted by molar-refractivity contribution is 6.17. The molecule has 0 atom stereocenters. The Kier molecular flexibility index (Phi) is 5.71. The molecule has 0 bridgehead atoms. The topological polar surface area (TPSA) is 3.24 Å². The van der Waals surface area contributed by atoms with Crippen LogP contribution in [0.25, 0.3) is 0 Å². The van der Waals surface area contributed by atoms with E-state index in [0.29, 0.717) is 5.88 Å². The molecule has 1 rings (SSSR count). The quantitative estimate of drug-likeness (QED) is 0.512. The van der Waals surface area contributed by atoms with Crippen LogP contribution in [-0.4, -0.2) is 37.1 Å². The van der Waals surface area contributed by atoms with E-state index >= 15 is 0 Å². The number of benzene rings is 1. The molecule has 64 valence electrons. The largest absolute Gasteiger partial charge is 0.377 e. The number of halogens is 1. The molecule has 0 saturated heterocycles. The zero-order valence-electron chi connectivity index (χ0n) is 6.84. The monoisotopic (exact) mass is 195 g/mol. The van der Waals surface area contributed by atoms with Crippen molar-refractivity contribution in [1.82, 2.24) is 0 Å². The molecule has 0 saturated carbocycles. The Labute approximate surface area is 94.9 Å². The third-order valence-corrected chi connectivity index (χ3v) is 1.91. The van der Waals surface area contributed by atoms with E-state index in [1.54, 1.807) is 0 Å². The van der Waals surface area contributed by atoms with Crippen LogP contribution >= 0.6 is 11.6 Å². The number of anilines is 1. The van der Waals surface area contributed by atoms with Crippen LogP contribution in [0.2, 0.25) is 0 Å². The van der Waals surface area contributed by atoms with E-state index in [1.807, 2.05) is 32.3 Å². The van der Waals surface area contributed by atoms with E-state index in [9.17, 15) is 0 Å². The van der Waals surface area contributed by atoms with Crippen molar-refractivity contribution in [3.8, 4) is 0 Å². The molecule has 1 aromatic rings.